The summed E-state index contributed by atoms with van der Waals surface area (Å²) in [5.74, 6) is -0.0167. The van der Waals surface area contributed by atoms with Gasteiger partial charge in [0.1, 0.15) is 0 Å². The lowest BCUT2D eigenvalue weighted by molar-refractivity contribution is 0.142. The van der Waals surface area contributed by atoms with E-state index < -0.39 is 6.16 Å². The van der Waals surface area contributed by atoms with Gasteiger partial charge in [0.05, 0.1) is 0 Å². The van der Waals surface area contributed by atoms with Crippen LogP contribution in [0, 0.1) is 6.92 Å². The van der Waals surface area contributed by atoms with E-state index in [0.29, 0.717) is 12.0 Å². The summed E-state index contributed by atoms with van der Waals surface area (Å²) < 4.78 is 4.62. The van der Waals surface area contributed by atoms with Crippen LogP contribution in [0.4, 0.5) is 4.79 Å². The molecule has 1 aromatic carbocycles. The highest BCUT2D eigenvalue weighted by atomic mass is 16.7. The fourth-order valence-electron chi connectivity index (χ4n) is 1.48. The molecule has 0 atom stereocenters. The molecule has 1 rings (SSSR count). The molecule has 0 heterocycles. The van der Waals surface area contributed by atoms with Crippen LogP contribution in [0.25, 0.3) is 0 Å². The molecule has 0 saturated heterocycles. The Hall–Kier alpha value is -1.71. The number of unbranched alkanes of at least 4 members (excludes halogenated alkanes) is 1. The van der Waals surface area contributed by atoms with E-state index in [-0.39, 0.29) is 11.5 Å². The summed E-state index contributed by atoms with van der Waals surface area (Å²) in [6, 6.07) is 3.55. The zero-order valence-corrected chi connectivity index (χ0v) is 9.49. The predicted molar refractivity (Wildman–Crippen MR) is 60.1 cm³/mol. The van der Waals surface area contributed by atoms with Crippen LogP contribution in [0.2, 0.25) is 0 Å². The number of hydrogen-bond donors (Lipinski definition) is 2. The summed E-state index contributed by atoms with van der Waals surface area (Å²) >= 11 is 0. The summed E-state index contributed by atoms with van der Waals surface area (Å²) in [6.07, 6.45) is 1.23. The van der Waals surface area contributed by atoms with Crippen LogP contribution in [-0.4, -0.2) is 16.4 Å². The van der Waals surface area contributed by atoms with E-state index in [1.54, 1.807) is 19.1 Å². The predicted octanol–water partition coefficient (Wildman–Crippen LogP) is 3.10. The average molecular weight is 224 g/mol. The number of hydrogen-bond acceptors (Lipinski definition) is 3. The second-order valence-electron chi connectivity index (χ2n) is 3.69. The first kappa shape index (κ1) is 12.4. The molecule has 0 fully saturated rings. The minimum atomic E-state index is -1.40. The standard InChI is InChI=1S/C12H16O4/c1-3-4-5-9-7-6-8(2)10(13)11(9)16-12(14)15/h6-7,13H,3-5H2,1-2H3,(H,14,15). The van der Waals surface area contributed by atoms with Crippen molar-refractivity contribution in [2.24, 2.45) is 0 Å². The summed E-state index contributed by atoms with van der Waals surface area (Å²) in [6.45, 7) is 3.75. The number of phenols is 1. The van der Waals surface area contributed by atoms with Gasteiger partial charge in [-0.3, -0.25) is 0 Å². The molecular weight excluding hydrogens is 208 g/mol. The van der Waals surface area contributed by atoms with Crippen molar-refractivity contribution in [1.82, 2.24) is 0 Å². The summed E-state index contributed by atoms with van der Waals surface area (Å²) in [5.41, 5.74) is 1.34. The van der Waals surface area contributed by atoms with E-state index >= 15 is 0 Å². The first-order valence-corrected chi connectivity index (χ1v) is 5.28. The molecule has 0 radical (unpaired) electrons. The Morgan fingerprint density at radius 2 is 2.12 bits per heavy atom. The van der Waals surface area contributed by atoms with Crippen molar-refractivity contribution < 1.29 is 19.7 Å². The van der Waals surface area contributed by atoms with Crippen LogP contribution in [0.5, 0.6) is 11.5 Å². The maximum absolute atomic E-state index is 10.5. The number of rotatable bonds is 4. The van der Waals surface area contributed by atoms with Gasteiger partial charge in [-0.05, 0) is 30.9 Å². The minimum Gasteiger partial charge on any atom is -0.504 e. The monoisotopic (exact) mass is 224 g/mol. The Balaban J connectivity index is 3.05. The zero-order valence-electron chi connectivity index (χ0n) is 9.49. The molecule has 16 heavy (non-hydrogen) atoms. The highest BCUT2D eigenvalue weighted by Crippen LogP contribution is 2.34. The third kappa shape index (κ3) is 2.89. The van der Waals surface area contributed by atoms with E-state index in [0.717, 1.165) is 18.4 Å². The van der Waals surface area contributed by atoms with E-state index in [2.05, 4.69) is 4.74 Å². The van der Waals surface area contributed by atoms with Gasteiger partial charge in [-0.25, -0.2) is 4.79 Å². The van der Waals surface area contributed by atoms with Crippen molar-refractivity contribution in [3.63, 3.8) is 0 Å². The zero-order chi connectivity index (χ0) is 12.1. The number of aromatic hydroxyl groups is 1. The van der Waals surface area contributed by atoms with Crippen molar-refractivity contribution in [2.45, 2.75) is 33.1 Å². The van der Waals surface area contributed by atoms with Crippen molar-refractivity contribution in [2.75, 3.05) is 0 Å². The molecular formula is C12H16O4. The largest absolute Gasteiger partial charge is 0.511 e. The minimum absolute atomic E-state index is 0.0703. The summed E-state index contributed by atoms with van der Waals surface area (Å²) in [7, 11) is 0. The van der Waals surface area contributed by atoms with Gasteiger partial charge >= 0.3 is 6.16 Å². The Kier molecular flexibility index (Phi) is 4.17. The van der Waals surface area contributed by atoms with Crippen LogP contribution >= 0.6 is 0 Å². The van der Waals surface area contributed by atoms with Crippen LogP contribution < -0.4 is 4.74 Å². The molecule has 0 amide bonds. The van der Waals surface area contributed by atoms with Gasteiger partial charge in [0.25, 0.3) is 0 Å². The second-order valence-corrected chi connectivity index (χ2v) is 3.69. The van der Waals surface area contributed by atoms with E-state index in [4.69, 9.17) is 5.11 Å². The molecule has 4 heteroatoms. The molecule has 0 aliphatic heterocycles. The van der Waals surface area contributed by atoms with E-state index in [1.807, 2.05) is 6.92 Å². The molecule has 88 valence electrons. The third-order valence-electron chi connectivity index (χ3n) is 2.40. The van der Waals surface area contributed by atoms with Crippen LogP contribution in [0.1, 0.15) is 30.9 Å². The van der Waals surface area contributed by atoms with E-state index in [1.165, 1.54) is 0 Å². The Labute approximate surface area is 94.5 Å². The molecule has 4 nitrogen and oxygen atoms in total. The molecule has 2 N–H and O–H groups in total. The van der Waals surface area contributed by atoms with Crippen LogP contribution in [0.3, 0.4) is 0 Å². The SMILES string of the molecule is CCCCc1ccc(C)c(O)c1OC(=O)O. The van der Waals surface area contributed by atoms with Gasteiger partial charge in [0.15, 0.2) is 11.5 Å². The maximum Gasteiger partial charge on any atom is 0.511 e. The number of phenolic OH excluding ortho intramolecular Hbond substituents is 1. The van der Waals surface area contributed by atoms with Gasteiger partial charge in [0, 0.05) is 0 Å². The molecule has 0 unspecified atom stereocenters. The van der Waals surface area contributed by atoms with Crippen molar-refractivity contribution >= 4 is 6.16 Å². The van der Waals surface area contributed by atoms with Gasteiger partial charge in [0.2, 0.25) is 0 Å². The Morgan fingerprint density at radius 1 is 1.44 bits per heavy atom. The molecule has 0 aliphatic carbocycles. The molecule has 0 aromatic heterocycles. The van der Waals surface area contributed by atoms with Gasteiger partial charge < -0.3 is 14.9 Å². The average Bonchev–Trinajstić information content (AvgIpc) is 2.23. The lowest BCUT2D eigenvalue weighted by Crippen LogP contribution is -2.06. The number of carbonyl (C=O) groups is 1. The lowest BCUT2D eigenvalue weighted by atomic mass is 10.0. The Morgan fingerprint density at radius 3 is 2.69 bits per heavy atom. The normalized spacial score (nSPS) is 10.1. The van der Waals surface area contributed by atoms with Gasteiger partial charge in [-0.1, -0.05) is 25.5 Å². The Bertz CT molecular complexity index is 385. The highest BCUT2D eigenvalue weighted by Gasteiger charge is 2.14. The van der Waals surface area contributed by atoms with Crippen molar-refractivity contribution in [1.29, 1.82) is 0 Å². The summed E-state index contributed by atoms with van der Waals surface area (Å²) in [5, 5.41) is 18.3. The number of carboxylic acid groups (broad SMARTS) is 1. The molecule has 0 spiro atoms. The van der Waals surface area contributed by atoms with Crippen LogP contribution in [0.15, 0.2) is 12.1 Å². The van der Waals surface area contributed by atoms with E-state index in [9.17, 15) is 9.90 Å². The van der Waals surface area contributed by atoms with Crippen molar-refractivity contribution in [3.8, 4) is 11.5 Å². The van der Waals surface area contributed by atoms with Crippen molar-refractivity contribution in [3.05, 3.63) is 23.3 Å². The van der Waals surface area contributed by atoms with Gasteiger partial charge in [-0.2, -0.15) is 0 Å². The first-order valence-electron chi connectivity index (χ1n) is 5.28. The topological polar surface area (TPSA) is 66.8 Å². The van der Waals surface area contributed by atoms with Gasteiger partial charge in [-0.15, -0.1) is 0 Å². The number of ether oxygens (including phenoxy) is 1. The molecule has 0 aliphatic rings. The first-order chi connectivity index (χ1) is 7.56. The maximum atomic E-state index is 10.5. The molecule has 0 bridgehead atoms. The second kappa shape index (κ2) is 5.39. The lowest BCUT2D eigenvalue weighted by Gasteiger charge is -2.11. The fraction of sp³-hybridized carbons (Fsp3) is 0.417. The molecule has 1 aromatic rings. The quantitative estimate of drug-likeness (QED) is 0.609. The third-order valence-corrected chi connectivity index (χ3v) is 2.40. The van der Waals surface area contributed by atoms with Crippen LogP contribution in [-0.2, 0) is 6.42 Å². The number of aryl methyl sites for hydroxylation is 2. The molecule has 0 saturated carbocycles. The fourth-order valence-corrected chi connectivity index (χ4v) is 1.48. The number of benzene rings is 1. The smallest absolute Gasteiger partial charge is 0.504 e. The highest BCUT2D eigenvalue weighted by molar-refractivity contribution is 5.65. The summed E-state index contributed by atoms with van der Waals surface area (Å²) in [4.78, 5) is 10.5.